The summed E-state index contributed by atoms with van der Waals surface area (Å²) in [5.41, 5.74) is 10.2. The summed E-state index contributed by atoms with van der Waals surface area (Å²) in [7, 11) is 0. The van der Waals surface area contributed by atoms with E-state index in [9.17, 15) is 0 Å². The van der Waals surface area contributed by atoms with Crippen LogP contribution in [0.25, 0.3) is 54.2 Å². The fraction of sp³-hybridized carbons (Fsp3) is 0.0909. The van der Waals surface area contributed by atoms with Crippen molar-refractivity contribution < 1.29 is 0 Å². The molecule has 0 aliphatic heterocycles. The Morgan fingerprint density at radius 1 is 0.422 bits per heavy atom. The molecule has 0 radical (unpaired) electrons. The molecule has 1 heteroatoms. The summed E-state index contributed by atoms with van der Waals surface area (Å²) in [6.45, 7) is 6.95. The number of rotatable bonds is 3. The second kappa shape index (κ2) is 9.55. The van der Waals surface area contributed by atoms with Crippen LogP contribution in [0.15, 0.2) is 146 Å². The highest BCUT2D eigenvalue weighted by atomic mass is 15.1. The SMILES string of the molecule is Cc1ccc2c(c1)C(C)(C)c1cc(N(c3cc4ccccc4c4ccccc34)c3cc4ccccc4c4ccccc34)ccc1-2. The summed E-state index contributed by atoms with van der Waals surface area (Å²) in [4.78, 5) is 2.52. The molecule has 0 unspecified atom stereocenters. The molecule has 1 aliphatic carbocycles. The van der Waals surface area contributed by atoms with Gasteiger partial charge in [-0.1, -0.05) is 141 Å². The molecule has 0 heterocycles. The monoisotopic (exact) mass is 575 g/mol. The maximum atomic E-state index is 2.52. The van der Waals surface area contributed by atoms with E-state index in [1.165, 1.54) is 88.0 Å². The van der Waals surface area contributed by atoms with Crippen LogP contribution in [-0.4, -0.2) is 0 Å². The number of anilines is 3. The molecule has 8 aromatic rings. The first-order valence-corrected chi connectivity index (χ1v) is 15.9. The van der Waals surface area contributed by atoms with Gasteiger partial charge in [-0.25, -0.2) is 0 Å². The van der Waals surface area contributed by atoms with Crippen molar-refractivity contribution in [2.24, 2.45) is 0 Å². The highest BCUT2D eigenvalue weighted by Crippen LogP contribution is 2.52. The predicted molar refractivity (Wildman–Crippen MR) is 193 cm³/mol. The third kappa shape index (κ3) is 3.80. The molecule has 214 valence electrons. The molecule has 0 bridgehead atoms. The van der Waals surface area contributed by atoms with E-state index in [2.05, 4.69) is 171 Å². The normalized spacial score (nSPS) is 13.4. The van der Waals surface area contributed by atoms with Crippen molar-refractivity contribution >= 4 is 60.2 Å². The molecular weight excluding hydrogens is 542 g/mol. The first-order chi connectivity index (χ1) is 22.0. The zero-order valence-corrected chi connectivity index (χ0v) is 25.8. The van der Waals surface area contributed by atoms with Gasteiger partial charge in [0.05, 0.1) is 11.4 Å². The van der Waals surface area contributed by atoms with Crippen molar-refractivity contribution in [3.63, 3.8) is 0 Å². The summed E-state index contributed by atoms with van der Waals surface area (Å²) in [6, 6.07) is 54.1. The Bertz CT molecular complexity index is 2360. The Kier molecular flexibility index (Phi) is 5.53. The van der Waals surface area contributed by atoms with Gasteiger partial charge in [0.15, 0.2) is 0 Å². The third-order valence-corrected chi connectivity index (χ3v) is 10.0. The van der Waals surface area contributed by atoms with Crippen LogP contribution in [0.2, 0.25) is 0 Å². The highest BCUT2D eigenvalue weighted by molar-refractivity contribution is 6.18. The van der Waals surface area contributed by atoms with E-state index in [-0.39, 0.29) is 5.41 Å². The molecule has 0 aromatic heterocycles. The Hall–Kier alpha value is -5.40. The van der Waals surface area contributed by atoms with Crippen LogP contribution in [0.1, 0.15) is 30.5 Å². The van der Waals surface area contributed by atoms with Gasteiger partial charge in [0.25, 0.3) is 0 Å². The second-order valence-corrected chi connectivity index (χ2v) is 13.1. The van der Waals surface area contributed by atoms with Crippen LogP contribution in [0, 0.1) is 6.92 Å². The lowest BCUT2D eigenvalue weighted by Gasteiger charge is -2.31. The molecule has 1 nitrogen and oxygen atoms in total. The second-order valence-electron chi connectivity index (χ2n) is 13.1. The molecule has 0 N–H and O–H groups in total. The number of nitrogens with zero attached hydrogens (tertiary/aromatic N) is 1. The van der Waals surface area contributed by atoms with E-state index in [4.69, 9.17) is 0 Å². The van der Waals surface area contributed by atoms with Gasteiger partial charge in [-0.2, -0.15) is 0 Å². The minimum atomic E-state index is -0.102. The minimum Gasteiger partial charge on any atom is -0.309 e. The topological polar surface area (TPSA) is 3.24 Å². The van der Waals surface area contributed by atoms with Crippen LogP contribution in [0.4, 0.5) is 17.1 Å². The van der Waals surface area contributed by atoms with E-state index in [0.29, 0.717) is 0 Å². The molecular formula is C44H33N. The molecule has 0 saturated heterocycles. The molecule has 0 saturated carbocycles. The van der Waals surface area contributed by atoms with Gasteiger partial charge in [0.2, 0.25) is 0 Å². The van der Waals surface area contributed by atoms with Crippen molar-refractivity contribution in [2.45, 2.75) is 26.2 Å². The summed E-state index contributed by atoms with van der Waals surface area (Å²) >= 11 is 0. The number of aryl methyl sites for hydroxylation is 1. The van der Waals surface area contributed by atoms with Gasteiger partial charge in [-0.3, -0.25) is 0 Å². The number of fused-ring (bicyclic) bond motifs is 9. The lowest BCUT2D eigenvalue weighted by atomic mass is 9.82. The largest absolute Gasteiger partial charge is 0.309 e. The maximum absolute atomic E-state index is 2.52. The van der Waals surface area contributed by atoms with Gasteiger partial charge >= 0.3 is 0 Å². The van der Waals surface area contributed by atoms with Crippen LogP contribution < -0.4 is 4.90 Å². The molecule has 0 amide bonds. The fourth-order valence-electron chi connectivity index (χ4n) is 7.83. The number of benzene rings is 8. The third-order valence-electron chi connectivity index (χ3n) is 10.0. The molecule has 9 rings (SSSR count). The molecule has 1 aliphatic rings. The first kappa shape index (κ1) is 26.0. The van der Waals surface area contributed by atoms with E-state index in [1.54, 1.807) is 0 Å². The van der Waals surface area contributed by atoms with E-state index >= 15 is 0 Å². The Balaban J connectivity index is 1.40. The Morgan fingerprint density at radius 2 is 0.867 bits per heavy atom. The van der Waals surface area contributed by atoms with Crippen molar-refractivity contribution in [1.82, 2.24) is 0 Å². The quantitative estimate of drug-likeness (QED) is 0.189. The molecule has 45 heavy (non-hydrogen) atoms. The average molecular weight is 576 g/mol. The molecule has 0 fully saturated rings. The van der Waals surface area contributed by atoms with Crippen molar-refractivity contribution in [3.8, 4) is 11.1 Å². The van der Waals surface area contributed by atoms with Gasteiger partial charge in [-0.15, -0.1) is 0 Å². The standard InChI is InChI=1S/C44H33N/c1-28-20-22-36-37-23-21-31(27-41(37)44(2,3)40(36)24-28)45(42-25-29-12-4-6-14-32(29)34-16-8-10-18-38(34)42)43-26-30-13-5-7-15-33(30)35-17-9-11-19-39(35)43/h4-27H,1-3H3. The van der Waals surface area contributed by atoms with Crippen LogP contribution in [0.5, 0.6) is 0 Å². The van der Waals surface area contributed by atoms with Gasteiger partial charge < -0.3 is 4.90 Å². The summed E-state index contributed by atoms with van der Waals surface area (Å²) < 4.78 is 0. The van der Waals surface area contributed by atoms with Crippen LogP contribution in [-0.2, 0) is 5.41 Å². The van der Waals surface area contributed by atoms with Crippen molar-refractivity contribution in [2.75, 3.05) is 4.90 Å². The van der Waals surface area contributed by atoms with E-state index in [0.717, 1.165) is 0 Å². The zero-order valence-electron chi connectivity index (χ0n) is 25.8. The van der Waals surface area contributed by atoms with Crippen molar-refractivity contribution in [1.29, 1.82) is 0 Å². The zero-order chi connectivity index (χ0) is 30.3. The number of hydrogen-bond donors (Lipinski definition) is 0. The van der Waals surface area contributed by atoms with E-state index < -0.39 is 0 Å². The molecule has 8 aromatic carbocycles. The number of hydrogen-bond acceptors (Lipinski definition) is 1. The van der Waals surface area contributed by atoms with Gasteiger partial charge in [0.1, 0.15) is 0 Å². The van der Waals surface area contributed by atoms with Gasteiger partial charge in [0, 0.05) is 21.9 Å². The Morgan fingerprint density at radius 3 is 1.42 bits per heavy atom. The summed E-state index contributed by atoms with van der Waals surface area (Å²) in [6.07, 6.45) is 0. The lowest BCUT2D eigenvalue weighted by molar-refractivity contribution is 0.660. The van der Waals surface area contributed by atoms with E-state index in [1.807, 2.05) is 0 Å². The lowest BCUT2D eigenvalue weighted by Crippen LogP contribution is -2.17. The van der Waals surface area contributed by atoms with Crippen molar-refractivity contribution in [3.05, 3.63) is 162 Å². The molecule has 0 atom stereocenters. The first-order valence-electron chi connectivity index (χ1n) is 15.9. The fourth-order valence-corrected chi connectivity index (χ4v) is 7.83. The molecule has 0 spiro atoms. The average Bonchev–Trinajstić information content (AvgIpc) is 3.30. The van der Waals surface area contributed by atoms with Gasteiger partial charge in [-0.05, 0) is 85.8 Å². The summed E-state index contributed by atoms with van der Waals surface area (Å²) in [5, 5.41) is 10.1. The smallest absolute Gasteiger partial charge is 0.0546 e. The Labute approximate surface area is 264 Å². The predicted octanol–water partition coefficient (Wildman–Crippen LogP) is 12.4. The summed E-state index contributed by atoms with van der Waals surface area (Å²) in [5.74, 6) is 0. The van der Waals surface area contributed by atoms with Crippen LogP contribution >= 0.6 is 0 Å². The highest BCUT2D eigenvalue weighted by Gasteiger charge is 2.36. The minimum absolute atomic E-state index is 0.102. The maximum Gasteiger partial charge on any atom is 0.0546 e. The van der Waals surface area contributed by atoms with Crippen LogP contribution in [0.3, 0.4) is 0 Å².